The third kappa shape index (κ3) is 4.79. The van der Waals surface area contributed by atoms with Crippen molar-refractivity contribution < 1.29 is 23.0 Å². The molecule has 2 rings (SSSR count). The van der Waals surface area contributed by atoms with Crippen LogP contribution in [0.25, 0.3) is 0 Å². The van der Waals surface area contributed by atoms with Gasteiger partial charge in [0.15, 0.2) is 0 Å². The Morgan fingerprint density at radius 1 is 1.32 bits per heavy atom. The number of ether oxygens (including phenoxy) is 2. The number of esters is 1. The fourth-order valence-electron chi connectivity index (χ4n) is 2.22. The van der Waals surface area contributed by atoms with Crippen molar-refractivity contribution in [2.45, 2.75) is 45.1 Å². The van der Waals surface area contributed by atoms with E-state index in [9.17, 15) is 13.6 Å². The van der Waals surface area contributed by atoms with E-state index < -0.39 is 12.0 Å². The van der Waals surface area contributed by atoms with Gasteiger partial charge in [0.2, 0.25) is 5.88 Å². The van der Waals surface area contributed by atoms with Gasteiger partial charge in [-0.05, 0) is 44.2 Å². The molecule has 1 heterocycles. The number of halogens is 2. The van der Waals surface area contributed by atoms with Crippen molar-refractivity contribution in [3.8, 4) is 5.88 Å². The third-order valence-corrected chi connectivity index (χ3v) is 3.59. The molecule has 0 bridgehead atoms. The van der Waals surface area contributed by atoms with Gasteiger partial charge in [-0.25, -0.2) is 9.78 Å². The Balaban J connectivity index is 1.81. The van der Waals surface area contributed by atoms with Crippen LogP contribution in [-0.2, 0) is 4.74 Å². The van der Waals surface area contributed by atoms with Crippen molar-refractivity contribution in [1.29, 1.82) is 0 Å². The summed E-state index contributed by atoms with van der Waals surface area (Å²) in [6.45, 7) is 1.22. The molecule has 0 aliphatic heterocycles. The topological polar surface area (TPSA) is 48.4 Å². The van der Waals surface area contributed by atoms with Crippen molar-refractivity contribution >= 4 is 5.97 Å². The predicted octanol–water partition coefficient (Wildman–Crippen LogP) is 4.12. The molecule has 1 aliphatic carbocycles. The van der Waals surface area contributed by atoms with Crippen LogP contribution in [0.15, 0.2) is 30.0 Å². The van der Waals surface area contributed by atoms with Crippen molar-refractivity contribution in [3.05, 3.63) is 35.5 Å². The number of hydrogen-bond acceptors (Lipinski definition) is 4. The molecule has 0 saturated heterocycles. The zero-order chi connectivity index (χ0) is 15.9. The van der Waals surface area contributed by atoms with Gasteiger partial charge in [0.05, 0.1) is 12.2 Å². The second-order valence-corrected chi connectivity index (χ2v) is 5.34. The molecule has 4 nitrogen and oxygen atoms in total. The lowest BCUT2D eigenvalue weighted by atomic mass is 10.2. The van der Waals surface area contributed by atoms with Crippen LogP contribution in [0.5, 0.6) is 5.88 Å². The Hall–Kier alpha value is -1.98. The first-order valence-corrected chi connectivity index (χ1v) is 7.37. The Kier molecular flexibility index (Phi) is 5.86. The Morgan fingerprint density at radius 3 is 2.64 bits per heavy atom. The highest BCUT2D eigenvalue weighted by molar-refractivity contribution is 5.89. The first kappa shape index (κ1) is 16.4. The van der Waals surface area contributed by atoms with Gasteiger partial charge in [-0.2, -0.15) is 8.78 Å². The first-order chi connectivity index (χ1) is 10.6. The van der Waals surface area contributed by atoms with E-state index in [1.807, 2.05) is 0 Å². The van der Waals surface area contributed by atoms with Gasteiger partial charge in [-0.3, -0.25) is 0 Å². The molecule has 120 valence electrons. The fourth-order valence-corrected chi connectivity index (χ4v) is 2.22. The Bertz CT molecular complexity index is 533. The van der Waals surface area contributed by atoms with Crippen LogP contribution < -0.4 is 4.74 Å². The Labute approximate surface area is 128 Å². The van der Waals surface area contributed by atoms with Crippen LogP contribution >= 0.6 is 0 Å². The molecule has 1 aromatic rings. The molecule has 0 unspecified atom stereocenters. The average molecular weight is 311 g/mol. The maximum atomic E-state index is 12.2. The second kappa shape index (κ2) is 7.87. The molecule has 1 aromatic heterocycles. The SMILES string of the molecule is CC(CCOC(=O)c1ccc(OC2CCCC2)nc1)=C(F)F. The number of nitrogens with zero attached hydrogens (tertiary/aromatic N) is 1. The molecule has 1 saturated carbocycles. The lowest BCUT2D eigenvalue weighted by Crippen LogP contribution is -2.12. The molecule has 0 amide bonds. The molecular formula is C16H19F2NO3. The van der Waals surface area contributed by atoms with Crippen molar-refractivity contribution in [1.82, 2.24) is 4.98 Å². The Morgan fingerprint density at radius 2 is 2.05 bits per heavy atom. The summed E-state index contributed by atoms with van der Waals surface area (Å²) in [6.07, 6.45) is 4.27. The summed E-state index contributed by atoms with van der Waals surface area (Å²) >= 11 is 0. The maximum absolute atomic E-state index is 12.2. The average Bonchev–Trinajstić information content (AvgIpc) is 3.00. The minimum Gasteiger partial charge on any atom is -0.474 e. The van der Waals surface area contributed by atoms with Crippen molar-refractivity contribution in [2.75, 3.05) is 6.61 Å². The lowest BCUT2D eigenvalue weighted by Gasteiger charge is -2.12. The largest absolute Gasteiger partial charge is 0.474 e. The maximum Gasteiger partial charge on any atom is 0.339 e. The highest BCUT2D eigenvalue weighted by Gasteiger charge is 2.17. The fraction of sp³-hybridized carbons (Fsp3) is 0.500. The zero-order valence-corrected chi connectivity index (χ0v) is 12.5. The van der Waals surface area contributed by atoms with Gasteiger partial charge in [0.25, 0.3) is 6.08 Å². The minimum absolute atomic E-state index is 0.0182. The molecule has 0 aromatic carbocycles. The highest BCUT2D eigenvalue weighted by atomic mass is 19.3. The van der Waals surface area contributed by atoms with E-state index in [0.29, 0.717) is 5.88 Å². The van der Waals surface area contributed by atoms with Gasteiger partial charge in [0, 0.05) is 18.7 Å². The van der Waals surface area contributed by atoms with E-state index in [-0.39, 0.29) is 30.3 Å². The molecule has 1 fully saturated rings. The summed E-state index contributed by atoms with van der Waals surface area (Å²) in [7, 11) is 0. The van der Waals surface area contributed by atoms with E-state index >= 15 is 0 Å². The van der Waals surface area contributed by atoms with Crippen LogP contribution in [0.4, 0.5) is 8.78 Å². The van der Waals surface area contributed by atoms with E-state index in [1.165, 1.54) is 26.0 Å². The van der Waals surface area contributed by atoms with E-state index in [2.05, 4.69) is 4.98 Å². The van der Waals surface area contributed by atoms with Crippen molar-refractivity contribution in [3.63, 3.8) is 0 Å². The van der Waals surface area contributed by atoms with Crippen molar-refractivity contribution in [2.24, 2.45) is 0 Å². The molecular weight excluding hydrogens is 292 g/mol. The summed E-state index contributed by atoms with van der Waals surface area (Å²) in [6, 6.07) is 3.19. The molecule has 0 spiro atoms. The van der Waals surface area contributed by atoms with E-state index in [1.54, 1.807) is 12.1 Å². The van der Waals surface area contributed by atoms with Gasteiger partial charge in [-0.1, -0.05) is 0 Å². The van der Waals surface area contributed by atoms with Gasteiger partial charge in [-0.15, -0.1) is 0 Å². The van der Waals surface area contributed by atoms with Gasteiger partial charge in [0.1, 0.15) is 6.10 Å². The number of pyridine rings is 1. The summed E-state index contributed by atoms with van der Waals surface area (Å²) in [5.41, 5.74) is 0.201. The summed E-state index contributed by atoms with van der Waals surface area (Å²) < 4.78 is 35.0. The molecule has 6 heteroatoms. The monoisotopic (exact) mass is 311 g/mol. The predicted molar refractivity (Wildman–Crippen MR) is 76.9 cm³/mol. The van der Waals surface area contributed by atoms with Gasteiger partial charge >= 0.3 is 5.97 Å². The number of aromatic nitrogens is 1. The summed E-state index contributed by atoms with van der Waals surface area (Å²) in [5, 5.41) is 0. The minimum atomic E-state index is -1.73. The first-order valence-electron chi connectivity index (χ1n) is 7.37. The molecule has 0 radical (unpaired) electrons. The number of carbonyl (C=O) groups is 1. The zero-order valence-electron chi connectivity index (χ0n) is 12.5. The summed E-state index contributed by atoms with van der Waals surface area (Å²) in [5.74, 6) is -0.0892. The molecule has 0 atom stereocenters. The lowest BCUT2D eigenvalue weighted by molar-refractivity contribution is 0.0507. The molecule has 1 aliphatic rings. The summed E-state index contributed by atoms with van der Waals surface area (Å²) in [4.78, 5) is 15.8. The standard InChI is InChI=1S/C16H19F2NO3/c1-11(15(17)18)8-9-21-16(20)12-6-7-14(19-10-12)22-13-4-2-3-5-13/h6-7,10,13H,2-5,8-9H2,1H3. The van der Waals surface area contributed by atoms with Gasteiger partial charge < -0.3 is 9.47 Å². The second-order valence-electron chi connectivity index (χ2n) is 5.34. The van der Waals surface area contributed by atoms with Crippen LogP contribution in [-0.4, -0.2) is 23.7 Å². The normalized spacial score (nSPS) is 14.7. The smallest absolute Gasteiger partial charge is 0.339 e. The number of rotatable bonds is 6. The highest BCUT2D eigenvalue weighted by Crippen LogP contribution is 2.23. The third-order valence-electron chi connectivity index (χ3n) is 3.59. The van der Waals surface area contributed by atoms with E-state index in [0.717, 1.165) is 12.8 Å². The number of hydrogen-bond donors (Lipinski definition) is 0. The van der Waals surface area contributed by atoms with Crippen LogP contribution in [0.1, 0.15) is 49.4 Å². The quantitative estimate of drug-likeness (QED) is 0.741. The molecule has 22 heavy (non-hydrogen) atoms. The number of carbonyl (C=O) groups excluding carboxylic acids is 1. The van der Waals surface area contributed by atoms with Crippen LogP contribution in [0.3, 0.4) is 0 Å². The van der Waals surface area contributed by atoms with Crippen LogP contribution in [0, 0.1) is 0 Å². The van der Waals surface area contributed by atoms with E-state index in [4.69, 9.17) is 9.47 Å². The molecule has 0 N–H and O–H groups in total. The van der Waals surface area contributed by atoms with Crippen LogP contribution in [0.2, 0.25) is 0 Å².